The minimum atomic E-state index is -0.328. The molecule has 1 aliphatic rings. The summed E-state index contributed by atoms with van der Waals surface area (Å²) >= 11 is 0. The van der Waals surface area contributed by atoms with Crippen LogP contribution in [0, 0.1) is 17.2 Å². The minimum Gasteiger partial charge on any atom is -0.348 e. The van der Waals surface area contributed by atoms with Crippen LogP contribution in [0.2, 0.25) is 0 Å². The van der Waals surface area contributed by atoms with Gasteiger partial charge in [-0.15, -0.1) is 0 Å². The molecule has 5 nitrogen and oxygen atoms in total. The molecule has 3 rings (SSSR count). The maximum atomic E-state index is 12.4. The zero-order chi connectivity index (χ0) is 16.9. The molecular weight excluding hydrogens is 300 g/mol. The van der Waals surface area contributed by atoms with Crippen LogP contribution in [0.25, 0.3) is 17.1 Å². The molecule has 1 fully saturated rings. The Kier molecular flexibility index (Phi) is 4.85. The molecule has 2 aromatic rings. The number of nitrogens with zero attached hydrogens (tertiary/aromatic N) is 3. The van der Waals surface area contributed by atoms with Crippen molar-refractivity contribution in [1.29, 1.82) is 5.26 Å². The first-order valence-corrected chi connectivity index (χ1v) is 8.32. The Labute approximate surface area is 141 Å². The Bertz CT molecular complexity index is 821. The van der Waals surface area contributed by atoms with E-state index in [4.69, 9.17) is 0 Å². The standard InChI is InChI=1S/C19H20N4O/c1-13-6-2-3-7-16(13)23-19(24)14(11-20)10-15-12-21-17-8-4-5-9-18(17)22-15/h4-5,8-10,12-13,16H,2-3,6-7H2,1H3,(H,23,24)/b14-10+/t13-,16+/m1/s1. The van der Waals surface area contributed by atoms with Gasteiger partial charge in [-0.1, -0.05) is 31.9 Å². The first-order valence-electron chi connectivity index (χ1n) is 8.32. The summed E-state index contributed by atoms with van der Waals surface area (Å²) < 4.78 is 0. The highest BCUT2D eigenvalue weighted by molar-refractivity contribution is 6.01. The Morgan fingerprint density at radius 2 is 2.04 bits per heavy atom. The summed E-state index contributed by atoms with van der Waals surface area (Å²) in [5.41, 5.74) is 2.10. The lowest BCUT2D eigenvalue weighted by Crippen LogP contribution is -2.41. The molecule has 0 saturated heterocycles. The molecule has 1 aromatic heterocycles. The molecule has 122 valence electrons. The van der Waals surface area contributed by atoms with Gasteiger partial charge in [0, 0.05) is 6.04 Å². The first kappa shape index (κ1) is 16.1. The van der Waals surface area contributed by atoms with E-state index in [9.17, 15) is 10.1 Å². The molecule has 0 bridgehead atoms. The molecule has 1 heterocycles. The molecule has 0 spiro atoms. The fourth-order valence-electron chi connectivity index (χ4n) is 3.11. The van der Waals surface area contributed by atoms with Crippen LogP contribution in [-0.2, 0) is 4.79 Å². The van der Waals surface area contributed by atoms with Gasteiger partial charge < -0.3 is 5.32 Å². The van der Waals surface area contributed by atoms with Crippen LogP contribution in [-0.4, -0.2) is 21.9 Å². The topological polar surface area (TPSA) is 78.7 Å². The maximum absolute atomic E-state index is 12.4. The third-order valence-corrected chi connectivity index (χ3v) is 4.55. The van der Waals surface area contributed by atoms with E-state index in [-0.39, 0.29) is 17.5 Å². The van der Waals surface area contributed by atoms with Crippen LogP contribution < -0.4 is 5.32 Å². The van der Waals surface area contributed by atoms with Gasteiger partial charge in [-0.2, -0.15) is 5.26 Å². The summed E-state index contributed by atoms with van der Waals surface area (Å²) in [6.07, 6.45) is 7.50. The van der Waals surface area contributed by atoms with Crippen LogP contribution in [0.15, 0.2) is 36.0 Å². The Morgan fingerprint density at radius 1 is 1.29 bits per heavy atom. The number of carbonyl (C=O) groups is 1. The van der Waals surface area contributed by atoms with E-state index in [0.29, 0.717) is 11.6 Å². The van der Waals surface area contributed by atoms with Crippen LogP contribution >= 0.6 is 0 Å². The SMILES string of the molecule is C[C@@H]1CCCC[C@@H]1NC(=O)/C(C#N)=C/c1cnc2ccccc2n1. The number of benzene rings is 1. The van der Waals surface area contributed by atoms with E-state index < -0.39 is 0 Å². The summed E-state index contributed by atoms with van der Waals surface area (Å²) in [7, 11) is 0. The van der Waals surface area contributed by atoms with E-state index in [1.165, 1.54) is 12.5 Å². The van der Waals surface area contributed by atoms with Crippen molar-refractivity contribution in [2.24, 2.45) is 5.92 Å². The lowest BCUT2D eigenvalue weighted by atomic mass is 9.86. The Balaban J connectivity index is 1.79. The number of nitriles is 1. The molecule has 1 aliphatic carbocycles. The van der Waals surface area contributed by atoms with Crippen LogP contribution in [0.1, 0.15) is 38.3 Å². The van der Waals surface area contributed by atoms with Gasteiger partial charge >= 0.3 is 0 Å². The second kappa shape index (κ2) is 7.22. The van der Waals surface area contributed by atoms with Crippen LogP contribution in [0.5, 0.6) is 0 Å². The summed E-state index contributed by atoms with van der Waals surface area (Å²) in [5, 5.41) is 12.3. The maximum Gasteiger partial charge on any atom is 0.262 e. The molecule has 2 atom stereocenters. The van der Waals surface area contributed by atoms with Gasteiger partial charge in [0.2, 0.25) is 0 Å². The lowest BCUT2D eigenvalue weighted by Gasteiger charge is -2.29. The summed E-state index contributed by atoms with van der Waals surface area (Å²) in [4.78, 5) is 21.2. The molecule has 1 saturated carbocycles. The Morgan fingerprint density at radius 3 is 2.79 bits per heavy atom. The van der Waals surface area contributed by atoms with Crippen molar-refractivity contribution in [2.45, 2.75) is 38.6 Å². The van der Waals surface area contributed by atoms with E-state index in [1.54, 1.807) is 6.20 Å². The number of aromatic nitrogens is 2. The van der Waals surface area contributed by atoms with Gasteiger partial charge in [-0.3, -0.25) is 9.78 Å². The average Bonchev–Trinajstić information content (AvgIpc) is 2.61. The van der Waals surface area contributed by atoms with Gasteiger partial charge in [-0.25, -0.2) is 4.98 Å². The van der Waals surface area contributed by atoms with Crippen LogP contribution in [0.3, 0.4) is 0 Å². The zero-order valence-corrected chi connectivity index (χ0v) is 13.7. The molecule has 0 radical (unpaired) electrons. The van der Waals surface area contributed by atoms with Crippen molar-refractivity contribution in [1.82, 2.24) is 15.3 Å². The second-order valence-electron chi connectivity index (χ2n) is 6.30. The van der Waals surface area contributed by atoms with Crippen molar-refractivity contribution in [3.05, 3.63) is 41.7 Å². The van der Waals surface area contributed by atoms with Gasteiger partial charge in [-0.05, 0) is 37.0 Å². The van der Waals surface area contributed by atoms with Crippen molar-refractivity contribution in [3.63, 3.8) is 0 Å². The Hall–Kier alpha value is -2.74. The summed E-state index contributed by atoms with van der Waals surface area (Å²) in [6.45, 7) is 2.15. The molecule has 0 unspecified atom stereocenters. The predicted molar refractivity (Wildman–Crippen MR) is 92.7 cm³/mol. The molecular formula is C19H20N4O. The fraction of sp³-hybridized carbons (Fsp3) is 0.368. The number of fused-ring (bicyclic) bond motifs is 1. The van der Waals surface area contributed by atoms with E-state index >= 15 is 0 Å². The molecule has 5 heteroatoms. The number of rotatable bonds is 3. The molecule has 24 heavy (non-hydrogen) atoms. The van der Waals surface area contributed by atoms with Crippen molar-refractivity contribution < 1.29 is 4.79 Å². The highest BCUT2D eigenvalue weighted by Crippen LogP contribution is 2.24. The highest BCUT2D eigenvalue weighted by atomic mass is 16.1. The van der Waals surface area contributed by atoms with E-state index in [0.717, 1.165) is 30.3 Å². The van der Waals surface area contributed by atoms with E-state index in [2.05, 4.69) is 22.2 Å². The van der Waals surface area contributed by atoms with Crippen LogP contribution in [0.4, 0.5) is 0 Å². The summed E-state index contributed by atoms with van der Waals surface area (Å²) in [6, 6.07) is 9.63. The van der Waals surface area contributed by atoms with E-state index in [1.807, 2.05) is 30.3 Å². The smallest absolute Gasteiger partial charge is 0.262 e. The fourth-order valence-corrected chi connectivity index (χ4v) is 3.11. The molecule has 0 aliphatic heterocycles. The monoisotopic (exact) mass is 320 g/mol. The van der Waals surface area contributed by atoms with Gasteiger partial charge in [0.1, 0.15) is 11.6 Å². The number of hydrogen-bond acceptors (Lipinski definition) is 4. The third kappa shape index (κ3) is 3.60. The largest absolute Gasteiger partial charge is 0.348 e. The van der Waals surface area contributed by atoms with Gasteiger partial charge in [0.25, 0.3) is 5.91 Å². The van der Waals surface area contributed by atoms with Crippen molar-refractivity contribution in [2.75, 3.05) is 0 Å². The quantitative estimate of drug-likeness (QED) is 0.695. The number of para-hydroxylation sites is 2. The number of hydrogen-bond donors (Lipinski definition) is 1. The molecule has 1 N–H and O–H groups in total. The molecule has 1 aromatic carbocycles. The van der Waals surface area contributed by atoms with Gasteiger partial charge in [0.15, 0.2) is 0 Å². The minimum absolute atomic E-state index is 0.0670. The predicted octanol–water partition coefficient (Wildman–Crippen LogP) is 3.23. The second-order valence-corrected chi connectivity index (χ2v) is 6.30. The highest BCUT2D eigenvalue weighted by Gasteiger charge is 2.24. The van der Waals surface area contributed by atoms with Crippen molar-refractivity contribution in [3.8, 4) is 6.07 Å². The summed E-state index contributed by atoms with van der Waals surface area (Å²) in [5.74, 6) is 0.120. The normalized spacial score (nSPS) is 21.2. The zero-order valence-electron chi connectivity index (χ0n) is 13.7. The first-order chi connectivity index (χ1) is 11.7. The molecule has 1 amide bonds. The van der Waals surface area contributed by atoms with Crippen molar-refractivity contribution >= 4 is 23.0 Å². The lowest BCUT2D eigenvalue weighted by molar-refractivity contribution is -0.118. The van der Waals surface area contributed by atoms with Gasteiger partial charge in [0.05, 0.1) is 22.9 Å². The number of carbonyl (C=O) groups excluding carboxylic acids is 1. The average molecular weight is 320 g/mol. The number of amides is 1. The third-order valence-electron chi connectivity index (χ3n) is 4.55. The number of nitrogens with one attached hydrogen (secondary N) is 1.